The van der Waals surface area contributed by atoms with E-state index in [0.29, 0.717) is 39.3 Å². The lowest BCUT2D eigenvalue weighted by Gasteiger charge is -2.32. The van der Waals surface area contributed by atoms with Gasteiger partial charge in [0.05, 0.1) is 36.3 Å². The molecule has 11 heteroatoms. The van der Waals surface area contributed by atoms with Crippen molar-refractivity contribution in [3.63, 3.8) is 0 Å². The number of ketones is 1. The number of allylic oxidation sites excluding steroid dienone is 8. The lowest BCUT2D eigenvalue weighted by Crippen LogP contribution is -2.36. The molecule has 5 aliphatic rings. The molecule has 0 N–H and O–H groups in total. The standard InChI is InChI=1S/C41H44N4O7/c1-28-20-35(26-33-10-8-31(39(33)42-12-16-51-17-13-42)22-29-4-2-6-37(24-29)44(47)48)41(46)36(21-28)27-34-11-9-32(40(34)43-14-18-52-19-15-43)23-30-5-3-7-38(25-30)45(49)50/h2-7,22-28H,8-21H2,1H3/b31-22-,32-23-,35-26-,36-27?. The zero-order valence-corrected chi connectivity index (χ0v) is 29.6. The van der Waals surface area contributed by atoms with Crippen LogP contribution in [0.15, 0.2) is 106 Å². The predicted molar refractivity (Wildman–Crippen MR) is 199 cm³/mol. The number of Topliss-reactive ketones (excluding diaryl/α,β-unsaturated/α-hetero) is 1. The summed E-state index contributed by atoms with van der Waals surface area (Å²) >= 11 is 0. The molecule has 0 amide bonds. The summed E-state index contributed by atoms with van der Waals surface area (Å²) in [4.78, 5) is 41.2. The molecule has 1 atom stereocenters. The van der Waals surface area contributed by atoms with Crippen molar-refractivity contribution in [2.45, 2.75) is 45.4 Å². The van der Waals surface area contributed by atoms with E-state index < -0.39 is 0 Å². The third-order valence-corrected chi connectivity index (χ3v) is 10.5. The second-order valence-corrected chi connectivity index (χ2v) is 14.2. The number of carbonyl (C=O) groups excluding carboxylic acids is 1. The first-order valence-electron chi connectivity index (χ1n) is 18.2. The molecule has 3 fully saturated rings. The minimum Gasteiger partial charge on any atom is -0.378 e. The van der Waals surface area contributed by atoms with Crippen molar-refractivity contribution in [1.29, 1.82) is 0 Å². The molecule has 0 bridgehead atoms. The fourth-order valence-electron chi connectivity index (χ4n) is 8.12. The van der Waals surface area contributed by atoms with Crippen molar-refractivity contribution in [3.8, 4) is 0 Å². The Balaban J connectivity index is 1.25. The van der Waals surface area contributed by atoms with Gasteiger partial charge in [-0.3, -0.25) is 25.0 Å². The van der Waals surface area contributed by atoms with Gasteiger partial charge in [-0.15, -0.1) is 0 Å². The Labute approximate surface area is 303 Å². The molecule has 270 valence electrons. The molecule has 2 aromatic rings. The minimum atomic E-state index is -0.369. The number of morpholine rings is 2. The number of nitro groups is 2. The van der Waals surface area contributed by atoms with Crippen LogP contribution in [-0.4, -0.2) is 78.0 Å². The van der Waals surface area contributed by atoms with E-state index in [-0.39, 0.29) is 32.9 Å². The Hall–Kier alpha value is -5.13. The van der Waals surface area contributed by atoms with Gasteiger partial charge in [0.25, 0.3) is 11.4 Å². The van der Waals surface area contributed by atoms with Gasteiger partial charge >= 0.3 is 0 Å². The van der Waals surface area contributed by atoms with Gasteiger partial charge in [0.1, 0.15) is 0 Å². The average Bonchev–Trinajstić information content (AvgIpc) is 3.73. The van der Waals surface area contributed by atoms with E-state index >= 15 is 0 Å². The Kier molecular flexibility index (Phi) is 10.6. The first-order chi connectivity index (χ1) is 25.2. The SMILES string of the molecule is CC1CC(=CC2=C(N3CCOCC3)/C(=C\c3cccc([N+](=O)[O-])c3)CC2)C(=O)/C(=C\C2=C(N3CCOCC3)C(=C\c3cccc([N+](=O)[O-])c3)/CC2)C1. The van der Waals surface area contributed by atoms with Crippen LogP contribution in [0.2, 0.25) is 0 Å². The Morgan fingerprint density at radius 3 is 1.46 bits per heavy atom. The van der Waals surface area contributed by atoms with Crippen molar-refractivity contribution in [2.75, 3.05) is 52.6 Å². The highest BCUT2D eigenvalue weighted by molar-refractivity contribution is 6.09. The van der Waals surface area contributed by atoms with E-state index in [1.807, 2.05) is 12.1 Å². The van der Waals surface area contributed by atoms with Crippen molar-refractivity contribution >= 4 is 29.3 Å². The quantitative estimate of drug-likeness (QED) is 0.155. The third-order valence-electron chi connectivity index (χ3n) is 10.5. The van der Waals surface area contributed by atoms with E-state index in [0.717, 1.165) is 108 Å². The normalized spacial score (nSPS) is 24.6. The van der Waals surface area contributed by atoms with Gasteiger partial charge in [-0.25, -0.2) is 0 Å². The number of benzene rings is 2. The molecule has 0 spiro atoms. The second kappa shape index (κ2) is 15.6. The van der Waals surface area contributed by atoms with Crippen LogP contribution in [-0.2, 0) is 14.3 Å². The Morgan fingerprint density at radius 2 is 1.06 bits per heavy atom. The van der Waals surface area contributed by atoms with Gasteiger partial charge in [0, 0.05) is 73.0 Å². The van der Waals surface area contributed by atoms with Crippen molar-refractivity contribution < 1.29 is 24.1 Å². The maximum absolute atomic E-state index is 14.4. The fourth-order valence-corrected chi connectivity index (χ4v) is 8.12. The highest BCUT2D eigenvalue weighted by Gasteiger charge is 2.31. The van der Waals surface area contributed by atoms with Crippen LogP contribution in [0.25, 0.3) is 12.2 Å². The van der Waals surface area contributed by atoms with Crippen LogP contribution in [0, 0.1) is 26.1 Å². The average molecular weight is 705 g/mol. The summed E-state index contributed by atoms with van der Waals surface area (Å²) in [5, 5.41) is 22.9. The predicted octanol–water partition coefficient (Wildman–Crippen LogP) is 7.58. The van der Waals surface area contributed by atoms with Crippen LogP contribution < -0.4 is 0 Å². The van der Waals surface area contributed by atoms with Crippen molar-refractivity contribution in [2.24, 2.45) is 5.92 Å². The maximum atomic E-state index is 14.4. The van der Waals surface area contributed by atoms with E-state index in [1.54, 1.807) is 24.3 Å². The largest absolute Gasteiger partial charge is 0.378 e. The molecule has 7 rings (SSSR count). The lowest BCUT2D eigenvalue weighted by atomic mass is 9.80. The number of hydrogen-bond acceptors (Lipinski definition) is 9. The fraction of sp³-hybridized carbons (Fsp3) is 0.390. The monoisotopic (exact) mass is 704 g/mol. The van der Waals surface area contributed by atoms with Crippen LogP contribution in [0.5, 0.6) is 0 Å². The van der Waals surface area contributed by atoms with E-state index in [9.17, 15) is 25.0 Å². The molecule has 3 aliphatic carbocycles. The number of hydrogen-bond donors (Lipinski definition) is 0. The number of ether oxygens (including phenoxy) is 2. The summed E-state index contributed by atoms with van der Waals surface area (Å²) < 4.78 is 11.4. The van der Waals surface area contributed by atoms with Crippen LogP contribution in [0.3, 0.4) is 0 Å². The first kappa shape index (κ1) is 35.3. The van der Waals surface area contributed by atoms with Gasteiger partial charge in [0.2, 0.25) is 0 Å². The number of rotatable bonds is 8. The molecular weight excluding hydrogens is 660 g/mol. The first-order valence-corrected chi connectivity index (χ1v) is 18.2. The van der Waals surface area contributed by atoms with Gasteiger partial charge in [-0.05, 0) is 102 Å². The molecule has 2 aliphatic heterocycles. The summed E-state index contributed by atoms with van der Waals surface area (Å²) in [6.07, 6.45) is 12.9. The van der Waals surface area contributed by atoms with Crippen molar-refractivity contribution in [3.05, 3.63) is 137 Å². The number of non-ortho nitro benzene ring substituents is 2. The van der Waals surface area contributed by atoms with Crippen LogP contribution in [0.1, 0.15) is 56.6 Å². The molecule has 1 saturated carbocycles. The molecule has 2 aromatic carbocycles. The molecule has 52 heavy (non-hydrogen) atoms. The van der Waals surface area contributed by atoms with E-state index in [2.05, 4.69) is 41.0 Å². The van der Waals surface area contributed by atoms with Gasteiger partial charge < -0.3 is 19.3 Å². The van der Waals surface area contributed by atoms with Gasteiger partial charge in [-0.1, -0.05) is 31.2 Å². The second-order valence-electron chi connectivity index (χ2n) is 14.2. The topological polar surface area (TPSA) is 128 Å². The molecule has 2 saturated heterocycles. The molecule has 0 aromatic heterocycles. The summed E-state index contributed by atoms with van der Waals surface area (Å²) in [6.45, 7) is 7.67. The molecular formula is C41H44N4O7. The van der Waals surface area contributed by atoms with E-state index in [1.165, 1.54) is 12.1 Å². The number of nitrogens with zero attached hydrogens (tertiary/aromatic N) is 4. The molecule has 11 nitrogen and oxygen atoms in total. The number of carbonyl (C=O) groups is 1. The van der Waals surface area contributed by atoms with E-state index in [4.69, 9.17) is 9.47 Å². The minimum absolute atomic E-state index is 0.0634. The van der Waals surface area contributed by atoms with Crippen LogP contribution in [0.4, 0.5) is 11.4 Å². The van der Waals surface area contributed by atoms with Gasteiger partial charge in [-0.2, -0.15) is 0 Å². The smallest absolute Gasteiger partial charge is 0.270 e. The maximum Gasteiger partial charge on any atom is 0.270 e. The summed E-state index contributed by atoms with van der Waals surface area (Å²) in [6, 6.07) is 13.4. The lowest BCUT2D eigenvalue weighted by molar-refractivity contribution is -0.385. The highest BCUT2D eigenvalue weighted by Crippen LogP contribution is 2.41. The molecule has 2 heterocycles. The van der Waals surface area contributed by atoms with Crippen molar-refractivity contribution in [1.82, 2.24) is 9.80 Å². The molecule has 1 unspecified atom stereocenters. The third kappa shape index (κ3) is 7.85. The van der Waals surface area contributed by atoms with Crippen LogP contribution >= 0.6 is 0 Å². The summed E-state index contributed by atoms with van der Waals surface area (Å²) in [7, 11) is 0. The zero-order chi connectivity index (χ0) is 36.2. The number of nitro benzene ring substituents is 2. The zero-order valence-electron chi connectivity index (χ0n) is 29.6. The Bertz CT molecular complexity index is 1820. The van der Waals surface area contributed by atoms with Gasteiger partial charge in [0.15, 0.2) is 5.78 Å². The molecule has 0 radical (unpaired) electrons. The summed E-state index contributed by atoms with van der Waals surface area (Å²) in [5.41, 5.74) is 10.1. The summed E-state index contributed by atoms with van der Waals surface area (Å²) in [5.74, 6) is 0.380. The highest BCUT2D eigenvalue weighted by atomic mass is 16.6. The Morgan fingerprint density at radius 1 is 0.635 bits per heavy atom.